The number of morpholine rings is 1. The number of amides is 2. The van der Waals surface area contributed by atoms with Gasteiger partial charge in [0, 0.05) is 29.4 Å². The van der Waals surface area contributed by atoms with Crippen LogP contribution in [0.2, 0.25) is 0 Å². The van der Waals surface area contributed by atoms with E-state index in [9.17, 15) is 9.59 Å². The van der Waals surface area contributed by atoms with E-state index in [2.05, 4.69) is 29.4 Å². The molecule has 3 heterocycles. The van der Waals surface area contributed by atoms with Gasteiger partial charge in [-0.1, -0.05) is 43.3 Å². The Kier molecular flexibility index (Phi) is 5.93. The first-order valence-electron chi connectivity index (χ1n) is 10.9. The van der Waals surface area contributed by atoms with Gasteiger partial charge in [-0.15, -0.1) is 11.3 Å². The summed E-state index contributed by atoms with van der Waals surface area (Å²) < 4.78 is 11.2. The van der Waals surface area contributed by atoms with Crippen molar-refractivity contribution in [3.63, 3.8) is 0 Å². The Labute approximate surface area is 195 Å². The minimum Gasteiger partial charge on any atom is -0.449 e. The Morgan fingerprint density at radius 3 is 2.61 bits per heavy atom. The van der Waals surface area contributed by atoms with Crippen molar-refractivity contribution in [2.75, 3.05) is 31.6 Å². The van der Waals surface area contributed by atoms with E-state index in [1.165, 1.54) is 16.9 Å². The van der Waals surface area contributed by atoms with E-state index in [1.54, 1.807) is 16.3 Å². The summed E-state index contributed by atoms with van der Waals surface area (Å²) in [6.07, 6.45) is 0.968. The molecule has 0 radical (unpaired) electrons. The fraction of sp³-hybridized carbons (Fsp3) is 0.240. The summed E-state index contributed by atoms with van der Waals surface area (Å²) in [5.41, 5.74) is 3.42. The molecule has 2 aromatic carbocycles. The van der Waals surface area contributed by atoms with Gasteiger partial charge in [0.2, 0.25) is 5.76 Å². The molecule has 1 saturated heterocycles. The molecule has 168 valence electrons. The van der Waals surface area contributed by atoms with Crippen molar-refractivity contribution in [2.45, 2.75) is 13.3 Å². The second-order valence-corrected chi connectivity index (χ2v) is 8.61. The number of para-hydroxylation sites is 1. The van der Waals surface area contributed by atoms with Crippen LogP contribution in [0.5, 0.6) is 0 Å². The molecule has 2 aromatic heterocycles. The predicted octanol–water partition coefficient (Wildman–Crippen LogP) is 4.84. The van der Waals surface area contributed by atoms with E-state index in [1.807, 2.05) is 30.3 Å². The number of fused-ring (bicyclic) bond motifs is 1. The topological polar surface area (TPSA) is 84.7 Å². The number of thiazole rings is 1. The highest BCUT2D eigenvalue weighted by molar-refractivity contribution is 7.13. The second-order valence-electron chi connectivity index (χ2n) is 7.75. The van der Waals surface area contributed by atoms with Gasteiger partial charge in [0.25, 0.3) is 11.8 Å². The molecular weight excluding hydrogens is 438 g/mol. The second kappa shape index (κ2) is 9.17. The minimum absolute atomic E-state index is 0.122. The molecule has 1 aliphatic heterocycles. The number of carbonyl (C=O) groups excluding carboxylic acids is 2. The molecule has 0 bridgehead atoms. The predicted molar refractivity (Wildman–Crippen MR) is 128 cm³/mol. The Morgan fingerprint density at radius 2 is 1.85 bits per heavy atom. The van der Waals surface area contributed by atoms with Crippen molar-refractivity contribution in [1.29, 1.82) is 0 Å². The van der Waals surface area contributed by atoms with Crippen LogP contribution in [0, 0.1) is 0 Å². The molecule has 0 spiro atoms. The maximum atomic E-state index is 13.2. The maximum absolute atomic E-state index is 13.2. The number of furan rings is 1. The smallest absolute Gasteiger partial charge is 0.291 e. The van der Waals surface area contributed by atoms with E-state index in [4.69, 9.17) is 9.15 Å². The molecule has 7 nitrogen and oxygen atoms in total. The molecule has 0 unspecified atom stereocenters. The molecule has 0 aliphatic carbocycles. The molecule has 0 atom stereocenters. The fourth-order valence-corrected chi connectivity index (χ4v) is 4.61. The van der Waals surface area contributed by atoms with Crippen molar-refractivity contribution >= 4 is 39.8 Å². The van der Waals surface area contributed by atoms with Crippen LogP contribution in [0.15, 0.2) is 58.3 Å². The molecule has 0 saturated carbocycles. The van der Waals surface area contributed by atoms with Gasteiger partial charge in [-0.3, -0.25) is 9.59 Å². The van der Waals surface area contributed by atoms with Crippen molar-refractivity contribution in [1.82, 2.24) is 9.88 Å². The summed E-state index contributed by atoms with van der Waals surface area (Å²) in [6.45, 7) is 4.03. The van der Waals surface area contributed by atoms with E-state index in [0.717, 1.165) is 17.0 Å². The van der Waals surface area contributed by atoms with Gasteiger partial charge in [0.1, 0.15) is 22.0 Å². The number of nitrogens with zero attached hydrogens (tertiary/aromatic N) is 2. The zero-order valence-electron chi connectivity index (χ0n) is 18.2. The number of anilines is 1. The number of aromatic nitrogens is 1. The van der Waals surface area contributed by atoms with Crippen molar-refractivity contribution in [3.05, 3.63) is 70.9 Å². The van der Waals surface area contributed by atoms with Crippen molar-refractivity contribution in [3.8, 4) is 10.6 Å². The first-order valence-corrected chi connectivity index (χ1v) is 11.8. The average Bonchev–Trinajstić information content (AvgIpc) is 3.50. The van der Waals surface area contributed by atoms with Gasteiger partial charge in [-0.05, 0) is 24.1 Å². The number of ether oxygens (including phenoxy) is 1. The third-order valence-corrected chi connectivity index (χ3v) is 6.56. The molecule has 33 heavy (non-hydrogen) atoms. The molecule has 5 rings (SSSR count). The summed E-state index contributed by atoms with van der Waals surface area (Å²) >= 11 is 1.41. The van der Waals surface area contributed by atoms with Gasteiger partial charge >= 0.3 is 0 Å². The summed E-state index contributed by atoms with van der Waals surface area (Å²) in [5, 5.41) is 6.05. The van der Waals surface area contributed by atoms with E-state index in [-0.39, 0.29) is 17.6 Å². The first kappa shape index (κ1) is 21.4. The fourth-order valence-electron chi connectivity index (χ4n) is 3.80. The number of hydrogen-bond acceptors (Lipinski definition) is 6. The number of hydrogen-bond donors (Lipinski definition) is 1. The lowest BCUT2D eigenvalue weighted by atomic mass is 10.1. The summed E-state index contributed by atoms with van der Waals surface area (Å²) in [5.74, 6) is -0.526. The van der Waals surface area contributed by atoms with E-state index < -0.39 is 0 Å². The Balaban J connectivity index is 1.43. The van der Waals surface area contributed by atoms with Crippen LogP contribution < -0.4 is 5.32 Å². The molecule has 8 heteroatoms. The quantitative estimate of drug-likeness (QED) is 0.460. The highest BCUT2D eigenvalue weighted by Gasteiger charge is 2.28. The largest absolute Gasteiger partial charge is 0.449 e. The molecule has 1 N–H and O–H groups in total. The normalized spacial score (nSPS) is 13.9. The highest BCUT2D eigenvalue weighted by Crippen LogP contribution is 2.33. The lowest BCUT2D eigenvalue weighted by Crippen LogP contribution is -2.40. The molecular formula is C25H23N3O4S. The lowest BCUT2D eigenvalue weighted by molar-refractivity contribution is 0.0285. The van der Waals surface area contributed by atoms with Crippen LogP contribution in [-0.2, 0) is 11.2 Å². The van der Waals surface area contributed by atoms with Gasteiger partial charge in [-0.25, -0.2) is 4.98 Å². The van der Waals surface area contributed by atoms with Crippen molar-refractivity contribution < 1.29 is 18.7 Å². The number of carbonyl (C=O) groups is 2. The number of nitrogens with one attached hydrogen (secondary N) is 1. The van der Waals surface area contributed by atoms with Crippen LogP contribution in [0.4, 0.5) is 5.69 Å². The third-order valence-electron chi connectivity index (χ3n) is 5.67. The standard InChI is InChI=1S/C25H23N3O4S/c1-2-16-7-9-17(10-8-16)24-26-19(15-33-24)23(29)27-21-18-5-3-4-6-20(18)32-22(21)25(30)28-11-13-31-14-12-28/h3-10,15H,2,11-14H2,1H3,(H,27,29). The molecule has 1 fully saturated rings. The highest BCUT2D eigenvalue weighted by atomic mass is 32.1. The monoisotopic (exact) mass is 461 g/mol. The Bertz CT molecular complexity index is 1300. The summed E-state index contributed by atoms with van der Waals surface area (Å²) in [4.78, 5) is 32.5. The number of benzene rings is 2. The van der Waals surface area contributed by atoms with Crippen molar-refractivity contribution in [2.24, 2.45) is 0 Å². The van der Waals surface area contributed by atoms with Crippen LogP contribution in [0.1, 0.15) is 33.5 Å². The molecule has 1 aliphatic rings. The first-order chi connectivity index (χ1) is 16.1. The van der Waals surface area contributed by atoms with Gasteiger partial charge in [0.05, 0.1) is 13.2 Å². The van der Waals surface area contributed by atoms with Crippen LogP contribution >= 0.6 is 11.3 Å². The van der Waals surface area contributed by atoms with Gasteiger partial charge in [0.15, 0.2) is 0 Å². The van der Waals surface area contributed by atoms with Crippen LogP contribution in [0.25, 0.3) is 21.5 Å². The maximum Gasteiger partial charge on any atom is 0.291 e. The van der Waals surface area contributed by atoms with Crippen LogP contribution in [0.3, 0.4) is 0 Å². The number of rotatable bonds is 5. The zero-order chi connectivity index (χ0) is 22.8. The lowest BCUT2D eigenvalue weighted by Gasteiger charge is -2.26. The Morgan fingerprint density at radius 1 is 1.09 bits per heavy atom. The van der Waals surface area contributed by atoms with Crippen LogP contribution in [-0.4, -0.2) is 48.0 Å². The van der Waals surface area contributed by atoms with E-state index >= 15 is 0 Å². The van der Waals surface area contributed by atoms with E-state index in [0.29, 0.717) is 48.7 Å². The minimum atomic E-state index is -0.384. The zero-order valence-corrected chi connectivity index (χ0v) is 19.0. The summed E-state index contributed by atoms with van der Waals surface area (Å²) in [7, 11) is 0. The number of aryl methyl sites for hydroxylation is 1. The third kappa shape index (κ3) is 4.27. The summed E-state index contributed by atoms with van der Waals surface area (Å²) in [6, 6.07) is 15.4. The molecule has 4 aromatic rings. The SMILES string of the molecule is CCc1ccc(-c2nc(C(=O)Nc3c(C(=O)N4CCOCC4)oc4ccccc34)cs2)cc1. The van der Waals surface area contributed by atoms with Gasteiger partial charge in [-0.2, -0.15) is 0 Å². The Hall–Kier alpha value is -3.49. The average molecular weight is 462 g/mol. The van der Waals surface area contributed by atoms with Gasteiger partial charge < -0.3 is 19.4 Å². The molecule has 2 amide bonds.